The van der Waals surface area contributed by atoms with Crippen LogP contribution in [0.3, 0.4) is 0 Å². The van der Waals surface area contributed by atoms with Gasteiger partial charge in [0, 0.05) is 47.7 Å². The molecule has 2 aromatic heterocycles. The minimum Gasteiger partial charge on any atom is -0.350 e. The van der Waals surface area contributed by atoms with Gasteiger partial charge in [-0.05, 0) is 30.2 Å². The van der Waals surface area contributed by atoms with Gasteiger partial charge in [0.05, 0.1) is 11.3 Å². The molecule has 0 fully saturated rings. The minimum atomic E-state index is -0.218. The fourth-order valence-corrected chi connectivity index (χ4v) is 3.65. The molecule has 0 aliphatic rings. The molecule has 142 valence electrons. The second-order valence-corrected chi connectivity index (χ2v) is 7.56. The normalized spacial score (nSPS) is 11.4. The third-order valence-corrected chi connectivity index (χ3v) is 4.98. The predicted octanol–water partition coefficient (Wildman–Crippen LogP) is 4.40. The van der Waals surface area contributed by atoms with E-state index in [9.17, 15) is 9.59 Å². The Morgan fingerprint density at radius 2 is 1.75 bits per heavy atom. The number of amides is 1. The van der Waals surface area contributed by atoms with E-state index in [0.29, 0.717) is 28.8 Å². The quantitative estimate of drug-likeness (QED) is 0.576. The lowest BCUT2D eigenvalue weighted by Gasteiger charge is -2.14. The van der Waals surface area contributed by atoms with E-state index >= 15 is 0 Å². The Hall–Kier alpha value is -3.34. The number of anilines is 1. The summed E-state index contributed by atoms with van der Waals surface area (Å²) in [5.41, 5.74) is 2.25. The first-order valence-corrected chi connectivity index (χ1v) is 9.43. The van der Waals surface area contributed by atoms with Gasteiger partial charge in [0.1, 0.15) is 0 Å². The Bertz CT molecular complexity index is 1250. The van der Waals surface area contributed by atoms with Crippen molar-refractivity contribution in [2.45, 2.75) is 20.4 Å². The molecule has 4 aromatic rings. The van der Waals surface area contributed by atoms with Crippen molar-refractivity contribution in [1.82, 2.24) is 9.13 Å². The number of nitrogens with one attached hydrogen (secondary N) is 1. The number of hydrogen-bond donors (Lipinski definition) is 1. The smallest absolute Gasteiger partial charge is 0.258 e. The Morgan fingerprint density at radius 1 is 1.00 bits per heavy atom. The van der Waals surface area contributed by atoms with Gasteiger partial charge in [-0.2, -0.15) is 0 Å². The summed E-state index contributed by atoms with van der Waals surface area (Å²) in [5.74, 6) is 0.0814. The van der Waals surface area contributed by atoms with Crippen molar-refractivity contribution in [2.75, 3.05) is 5.32 Å². The zero-order chi connectivity index (χ0) is 19.8. The molecule has 2 aromatic carbocycles. The van der Waals surface area contributed by atoms with Gasteiger partial charge in [0.25, 0.3) is 11.5 Å². The number of nitrogens with zero attached hydrogens (tertiary/aromatic N) is 2. The molecular weight excluding hydrogens is 350 g/mol. The van der Waals surface area contributed by atoms with Crippen molar-refractivity contribution in [1.29, 1.82) is 0 Å². The molecule has 0 aliphatic heterocycles. The Kier molecular flexibility index (Phi) is 4.51. The van der Waals surface area contributed by atoms with E-state index in [-0.39, 0.29) is 11.5 Å². The molecule has 5 nitrogen and oxygen atoms in total. The van der Waals surface area contributed by atoms with Crippen molar-refractivity contribution >= 4 is 33.3 Å². The average molecular weight is 373 g/mol. The summed E-state index contributed by atoms with van der Waals surface area (Å²) in [6.45, 7) is 4.67. The van der Waals surface area contributed by atoms with Crippen molar-refractivity contribution in [3.05, 3.63) is 76.8 Å². The van der Waals surface area contributed by atoms with Crippen LogP contribution in [-0.4, -0.2) is 15.0 Å². The SMILES string of the molecule is CC(C)Cn1cc(C(=O)Nc2cccc3c2ccn3C)c2ccccc2c1=O. The summed E-state index contributed by atoms with van der Waals surface area (Å²) >= 11 is 0. The van der Waals surface area contributed by atoms with Gasteiger partial charge < -0.3 is 14.5 Å². The molecule has 2 heterocycles. The molecular formula is C23H23N3O2. The highest BCUT2D eigenvalue weighted by atomic mass is 16.2. The van der Waals surface area contributed by atoms with Gasteiger partial charge in [-0.25, -0.2) is 0 Å². The molecule has 0 radical (unpaired) electrons. The van der Waals surface area contributed by atoms with E-state index in [1.165, 1.54) is 0 Å². The third-order valence-electron chi connectivity index (χ3n) is 4.98. The second kappa shape index (κ2) is 7.00. The maximum atomic E-state index is 13.2. The average Bonchev–Trinajstić information content (AvgIpc) is 3.06. The zero-order valence-corrected chi connectivity index (χ0v) is 16.3. The summed E-state index contributed by atoms with van der Waals surface area (Å²) in [6, 6.07) is 15.1. The monoisotopic (exact) mass is 373 g/mol. The number of rotatable bonds is 4. The van der Waals surface area contributed by atoms with E-state index < -0.39 is 0 Å². The fraction of sp³-hybridized carbons (Fsp3) is 0.217. The summed E-state index contributed by atoms with van der Waals surface area (Å²) in [5, 5.41) is 5.26. The number of hydrogen-bond acceptors (Lipinski definition) is 2. The van der Waals surface area contributed by atoms with Crippen LogP contribution >= 0.6 is 0 Å². The van der Waals surface area contributed by atoms with Crippen LogP contribution in [0.1, 0.15) is 24.2 Å². The highest BCUT2D eigenvalue weighted by Gasteiger charge is 2.16. The highest BCUT2D eigenvalue weighted by molar-refractivity contribution is 6.14. The molecule has 1 N–H and O–H groups in total. The van der Waals surface area contributed by atoms with E-state index in [1.807, 2.05) is 60.3 Å². The van der Waals surface area contributed by atoms with Gasteiger partial charge in [-0.15, -0.1) is 0 Å². The Balaban J connectivity index is 1.82. The summed E-state index contributed by atoms with van der Waals surface area (Å²) in [7, 11) is 1.98. The largest absolute Gasteiger partial charge is 0.350 e. The first kappa shape index (κ1) is 18.0. The van der Waals surface area contributed by atoms with Crippen LogP contribution in [0.5, 0.6) is 0 Å². The maximum absolute atomic E-state index is 13.2. The van der Waals surface area contributed by atoms with Gasteiger partial charge >= 0.3 is 0 Å². The molecule has 0 bridgehead atoms. The van der Waals surface area contributed by atoms with Gasteiger partial charge in [-0.3, -0.25) is 9.59 Å². The Morgan fingerprint density at radius 3 is 2.50 bits per heavy atom. The molecule has 0 unspecified atom stereocenters. The number of benzene rings is 2. The Labute approximate surface area is 163 Å². The number of pyridine rings is 1. The summed E-state index contributed by atoms with van der Waals surface area (Å²) in [6.07, 6.45) is 3.66. The van der Waals surface area contributed by atoms with Crippen molar-refractivity contribution in [2.24, 2.45) is 13.0 Å². The van der Waals surface area contributed by atoms with Crippen molar-refractivity contribution < 1.29 is 4.79 Å². The second-order valence-electron chi connectivity index (χ2n) is 7.56. The van der Waals surface area contributed by atoms with E-state index in [0.717, 1.165) is 16.6 Å². The number of carbonyl (C=O) groups is 1. The number of aromatic nitrogens is 2. The molecule has 0 saturated carbocycles. The number of aryl methyl sites for hydroxylation is 1. The first-order valence-electron chi connectivity index (χ1n) is 9.43. The highest BCUT2D eigenvalue weighted by Crippen LogP contribution is 2.25. The minimum absolute atomic E-state index is 0.0639. The molecule has 28 heavy (non-hydrogen) atoms. The van der Waals surface area contributed by atoms with E-state index in [2.05, 4.69) is 19.2 Å². The molecule has 0 aliphatic carbocycles. The van der Waals surface area contributed by atoms with Crippen LogP contribution < -0.4 is 10.9 Å². The van der Waals surface area contributed by atoms with Gasteiger partial charge in [0.2, 0.25) is 0 Å². The molecule has 4 rings (SSSR count). The number of fused-ring (bicyclic) bond motifs is 2. The van der Waals surface area contributed by atoms with Crippen LogP contribution in [0.15, 0.2) is 65.7 Å². The molecule has 1 amide bonds. The first-order chi connectivity index (χ1) is 13.5. The molecule has 0 saturated heterocycles. The predicted molar refractivity (Wildman–Crippen MR) is 114 cm³/mol. The lowest BCUT2D eigenvalue weighted by atomic mass is 10.1. The number of carbonyl (C=O) groups excluding carboxylic acids is 1. The maximum Gasteiger partial charge on any atom is 0.258 e. The summed E-state index contributed by atoms with van der Waals surface area (Å²) < 4.78 is 3.66. The van der Waals surface area contributed by atoms with Crippen LogP contribution in [0, 0.1) is 5.92 Å². The molecule has 5 heteroatoms. The van der Waals surface area contributed by atoms with Crippen molar-refractivity contribution in [3.63, 3.8) is 0 Å². The van der Waals surface area contributed by atoms with Crippen LogP contribution in [0.25, 0.3) is 21.7 Å². The van der Waals surface area contributed by atoms with Crippen LogP contribution in [-0.2, 0) is 13.6 Å². The zero-order valence-electron chi connectivity index (χ0n) is 16.3. The van der Waals surface area contributed by atoms with Crippen molar-refractivity contribution in [3.8, 4) is 0 Å². The summed E-state index contributed by atoms with van der Waals surface area (Å²) in [4.78, 5) is 26.0. The standard InChI is InChI=1S/C23H23N3O2/c1-15(2)13-26-14-19(16-7-4-5-8-17(16)23(26)28)22(27)24-20-9-6-10-21-18(20)11-12-25(21)3/h4-12,14-15H,13H2,1-3H3,(H,24,27). The molecule has 0 spiro atoms. The van der Waals surface area contributed by atoms with Gasteiger partial charge in [0.15, 0.2) is 0 Å². The van der Waals surface area contributed by atoms with E-state index in [4.69, 9.17) is 0 Å². The lowest BCUT2D eigenvalue weighted by molar-refractivity contribution is 0.102. The third kappa shape index (κ3) is 3.09. The molecule has 0 atom stereocenters. The lowest BCUT2D eigenvalue weighted by Crippen LogP contribution is -2.25. The van der Waals surface area contributed by atoms with E-state index in [1.54, 1.807) is 16.8 Å². The van der Waals surface area contributed by atoms with Crippen LogP contribution in [0.2, 0.25) is 0 Å². The van der Waals surface area contributed by atoms with Crippen LogP contribution in [0.4, 0.5) is 5.69 Å². The fourth-order valence-electron chi connectivity index (χ4n) is 3.65. The van der Waals surface area contributed by atoms with Gasteiger partial charge in [-0.1, -0.05) is 38.1 Å². The topological polar surface area (TPSA) is 56.0 Å².